The highest BCUT2D eigenvalue weighted by molar-refractivity contribution is 6.41. The molecule has 5 N–H and O–H groups in total. The van der Waals surface area contributed by atoms with E-state index in [0.29, 0.717) is 70.8 Å². The molecule has 49 heavy (non-hydrogen) atoms. The highest BCUT2D eigenvalue weighted by Crippen LogP contribution is 2.47. The quantitative estimate of drug-likeness (QED) is 0.148. The lowest BCUT2D eigenvalue weighted by Gasteiger charge is -2.34. The number of imidazole rings is 2. The van der Waals surface area contributed by atoms with Gasteiger partial charge in [-0.25, -0.2) is 9.97 Å². The number of nitrogens with zero attached hydrogens (tertiary/aromatic N) is 8. The summed E-state index contributed by atoms with van der Waals surface area (Å²) in [4.78, 5) is 40.2. The summed E-state index contributed by atoms with van der Waals surface area (Å²) in [6.45, 7) is 3.13. The zero-order valence-corrected chi connectivity index (χ0v) is 28.3. The molecule has 0 unspecified atom stereocenters. The first kappa shape index (κ1) is 34.9. The number of aromatic amines is 2. The number of nitriles is 2. The minimum Gasteiger partial charge on any atom is -0.495 e. The van der Waals surface area contributed by atoms with Gasteiger partial charge in [0.1, 0.15) is 17.0 Å². The number of amides is 1. The Morgan fingerprint density at radius 2 is 1.71 bits per heavy atom. The van der Waals surface area contributed by atoms with Gasteiger partial charge < -0.3 is 25.2 Å². The zero-order chi connectivity index (χ0) is 35.1. The van der Waals surface area contributed by atoms with Crippen LogP contribution in [-0.2, 0) is 13.1 Å². The van der Waals surface area contributed by atoms with Crippen molar-refractivity contribution in [1.82, 2.24) is 39.7 Å². The molecule has 3 aromatic heterocycles. The van der Waals surface area contributed by atoms with E-state index in [1.54, 1.807) is 30.6 Å². The van der Waals surface area contributed by atoms with E-state index in [1.807, 2.05) is 11.9 Å². The topological polar surface area (TPSA) is 211 Å². The van der Waals surface area contributed by atoms with E-state index < -0.39 is 5.91 Å². The van der Waals surface area contributed by atoms with E-state index in [4.69, 9.17) is 48.9 Å². The molecule has 15 nitrogen and oxygen atoms in total. The molecule has 5 aromatic rings. The third-order valence-corrected chi connectivity index (χ3v) is 8.29. The molecule has 1 aliphatic heterocycles. The molecule has 6 rings (SSSR count). The van der Waals surface area contributed by atoms with Gasteiger partial charge in [-0.3, -0.25) is 29.9 Å². The number of likely N-dealkylation sites (tertiary alicyclic amines) is 1. The predicted octanol–water partition coefficient (Wildman–Crippen LogP) is 4.50. The van der Waals surface area contributed by atoms with Gasteiger partial charge in [0.05, 0.1) is 83.7 Å². The second-order valence-corrected chi connectivity index (χ2v) is 11.8. The van der Waals surface area contributed by atoms with Crippen LogP contribution >= 0.6 is 23.2 Å². The van der Waals surface area contributed by atoms with Crippen molar-refractivity contribution >= 4 is 52.0 Å². The summed E-state index contributed by atoms with van der Waals surface area (Å²) in [6.07, 6.45) is 6.36. The Morgan fingerprint density at radius 1 is 1.04 bits per heavy atom. The van der Waals surface area contributed by atoms with Gasteiger partial charge in [-0.05, 0) is 13.1 Å². The molecule has 4 heterocycles. The normalized spacial score (nSPS) is 12.8. The first-order valence-electron chi connectivity index (χ1n) is 14.8. The fourth-order valence-corrected chi connectivity index (χ4v) is 5.89. The first-order chi connectivity index (χ1) is 23.6. The number of hydrogen-bond acceptors (Lipinski definition) is 12. The lowest BCUT2D eigenvalue weighted by atomic mass is 9.99. The fraction of sp³-hybridized carbons (Fsp3) is 0.281. The molecular formula is C32H32Cl2N12O3. The van der Waals surface area contributed by atoms with E-state index in [1.165, 1.54) is 26.6 Å². The number of methoxy groups -OCH3 is 2. The Bertz CT molecular complexity index is 2020. The second-order valence-electron chi connectivity index (χ2n) is 11.1. The number of hydrogen-bond donors (Lipinski definition) is 4. The molecule has 0 spiro atoms. The minimum absolute atomic E-state index is 0.0716. The number of benzene rings is 2. The van der Waals surface area contributed by atoms with Crippen LogP contribution in [0.15, 0.2) is 43.0 Å². The molecule has 0 bridgehead atoms. The van der Waals surface area contributed by atoms with Gasteiger partial charge in [-0.2, -0.15) is 10.5 Å². The Hall–Kier alpha value is -5.45. The lowest BCUT2D eigenvalue weighted by Crippen LogP contribution is -2.45. The number of nitrogens with one attached hydrogen (secondary N) is 3. The zero-order valence-electron chi connectivity index (χ0n) is 26.8. The van der Waals surface area contributed by atoms with Crippen molar-refractivity contribution in [3.8, 4) is 34.8 Å². The molecule has 252 valence electrons. The van der Waals surface area contributed by atoms with Gasteiger partial charge >= 0.3 is 0 Å². The average Bonchev–Trinajstić information content (AvgIpc) is 3.70. The summed E-state index contributed by atoms with van der Waals surface area (Å²) in [5, 5.41) is 20.7. The van der Waals surface area contributed by atoms with Crippen molar-refractivity contribution in [3.05, 3.63) is 70.0 Å². The van der Waals surface area contributed by atoms with E-state index >= 15 is 0 Å². The van der Waals surface area contributed by atoms with Crippen molar-refractivity contribution in [1.29, 1.82) is 10.5 Å². The molecule has 0 radical (unpaired) electrons. The Kier molecular flexibility index (Phi) is 11.1. The molecule has 17 heteroatoms. The number of carbonyl (C=O) groups is 1. The molecule has 2 aromatic carbocycles. The van der Waals surface area contributed by atoms with Gasteiger partial charge in [0.2, 0.25) is 5.95 Å². The molecule has 1 aliphatic rings. The molecule has 1 amide bonds. The first-order valence-corrected chi connectivity index (χ1v) is 15.6. The number of ether oxygens (including phenoxy) is 2. The number of aromatic nitrogens is 6. The van der Waals surface area contributed by atoms with E-state index in [9.17, 15) is 4.79 Å². The largest absolute Gasteiger partial charge is 0.495 e. The molecule has 0 aliphatic carbocycles. The van der Waals surface area contributed by atoms with Crippen LogP contribution in [0.3, 0.4) is 0 Å². The van der Waals surface area contributed by atoms with Crippen LogP contribution in [0.1, 0.15) is 21.7 Å². The standard InChI is InChI=1S/C25H21Cl2N7O3.C7H11N5/c1-36-17-7-18(37-2)21(27)19(20(17)26)15-3-4-16(23-22(15)29-5-6-30-23)24(35)33-25-31-9-14(32-25)12-34-10-13(8-28)11-34;1-12(3-2-8)5-6-4-10-7(9)11-6/h3-7,9,13H,10-12H2,1-2H3,(H2,31,32,33,35);4H,3,5H2,1H3,(H3,9,10,11). The predicted molar refractivity (Wildman–Crippen MR) is 184 cm³/mol. The number of nitrogen functional groups attached to an aromatic ring is 1. The van der Waals surface area contributed by atoms with Gasteiger partial charge in [0.25, 0.3) is 5.91 Å². The summed E-state index contributed by atoms with van der Waals surface area (Å²) in [5.74, 6) is 1.14. The van der Waals surface area contributed by atoms with Crippen LogP contribution < -0.4 is 20.5 Å². The van der Waals surface area contributed by atoms with E-state index in [-0.39, 0.29) is 16.0 Å². The Balaban J connectivity index is 0.000000330. The molecular weight excluding hydrogens is 671 g/mol. The molecule has 0 atom stereocenters. The number of fused-ring (bicyclic) bond motifs is 1. The fourth-order valence-electron chi connectivity index (χ4n) is 5.19. The van der Waals surface area contributed by atoms with Crippen LogP contribution in [0.4, 0.5) is 11.9 Å². The second kappa shape index (κ2) is 15.6. The third kappa shape index (κ3) is 7.99. The van der Waals surface area contributed by atoms with Crippen molar-refractivity contribution < 1.29 is 14.3 Å². The van der Waals surface area contributed by atoms with Crippen LogP contribution in [0, 0.1) is 28.6 Å². The van der Waals surface area contributed by atoms with Crippen molar-refractivity contribution in [2.75, 3.05) is 52.0 Å². The summed E-state index contributed by atoms with van der Waals surface area (Å²) < 4.78 is 10.8. The van der Waals surface area contributed by atoms with Crippen LogP contribution in [-0.4, -0.2) is 86.5 Å². The number of carbonyl (C=O) groups excluding carboxylic acids is 1. The molecule has 1 fully saturated rings. The average molecular weight is 704 g/mol. The number of rotatable bonds is 10. The van der Waals surface area contributed by atoms with Crippen molar-refractivity contribution in [3.63, 3.8) is 0 Å². The van der Waals surface area contributed by atoms with Gasteiger partial charge in [-0.15, -0.1) is 0 Å². The number of H-pyrrole nitrogens is 2. The Labute approximate surface area is 291 Å². The SMILES string of the molecule is CN(CC#N)Cc1cnc(N)[nH]1.COc1cc(OC)c(Cl)c(-c2ccc(C(=O)Nc3ncc(CN4CC(C#N)C4)[nH]3)c3nccnc23)c1Cl. The number of halogens is 2. The van der Waals surface area contributed by atoms with E-state index in [0.717, 1.165) is 24.5 Å². The summed E-state index contributed by atoms with van der Waals surface area (Å²) >= 11 is 13.3. The Morgan fingerprint density at radius 3 is 2.33 bits per heavy atom. The monoisotopic (exact) mass is 702 g/mol. The van der Waals surface area contributed by atoms with Crippen LogP contribution in [0.5, 0.6) is 11.5 Å². The maximum atomic E-state index is 13.2. The maximum Gasteiger partial charge on any atom is 0.260 e. The third-order valence-electron chi connectivity index (χ3n) is 7.54. The molecule has 1 saturated heterocycles. The van der Waals surface area contributed by atoms with Crippen LogP contribution in [0.25, 0.3) is 22.2 Å². The van der Waals surface area contributed by atoms with E-state index in [2.05, 4.69) is 52.3 Å². The number of nitrogens with two attached hydrogens (primary N) is 1. The minimum atomic E-state index is -0.410. The maximum absolute atomic E-state index is 13.2. The van der Waals surface area contributed by atoms with Gasteiger partial charge in [0.15, 0.2) is 5.95 Å². The van der Waals surface area contributed by atoms with Gasteiger partial charge in [-0.1, -0.05) is 29.3 Å². The number of anilines is 2. The highest BCUT2D eigenvalue weighted by Gasteiger charge is 2.27. The van der Waals surface area contributed by atoms with Crippen molar-refractivity contribution in [2.24, 2.45) is 5.92 Å². The smallest absolute Gasteiger partial charge is 0.260 e. The lowest BCUT2D eigenvalue weighted by molar-refractivity contribution is 0.102. The van der Waals surface area contributed by atoms with Crippen LogP contribution in [0.2, 0.25) is 10.0 Å². The summed E-state index contributed by atoms with van der Waals surface area (Å²) in [7, 11) is 4.85. The summed E-state index contributed by atoms with van der Waals surface area (Å²) in [6, 6.07) is 9.25. The summed E-state index contributed by atoms with van der Waals surface area (Å²) in [5.41, 5.74) is 9.25. The van der Waals surface area contributed by atoms with Crippen molar-refractivity contribution in [2.45, 2.75) is 13.1 Å². The highest BCUT2D eigenvalue weighted by atomic mass is 35.5. The molecule has 0 saturated carbocycles. The van der Waals surface area contributed by atoms with Gasteiger partial charge in [0, 0.05) is 55.8 Å².